The third-order valence-corrected chi connectivity index (χ3v) is 6.48. The van der Waals surface area contributed by atoms with Crippen LogP contribution in [-0.2, 0) is 20.0 Å². The van der Waals surface area contributed by atoms with Crippen molar-refractivity contribution < 1.29 is 16.8 Å². The van der Waals surface area contributed by atoms with Gasteiger partial charge >= 0.3 is 0 Å². The van der Waals surface area contributed by atoms with Gasteiger partial charge in [-0.15, -0.1) is 0 Å². The quantitative estimate of drug-likeness (QED) is 0.677. The third kappa shape index (κ3) is 2.93. The maximum absolute atomic E-state index is 11.5. The molecule has 0 N–H and O–H groups in total. The lowest BCUT2D eigenvalue weighted by Crippen LogP contribution is -2.51. The number of nitrogens with zero attached hydrogens (tertiary/aromatic N) is 2. The Morgan fingerprint density at radius 2 is 1.00 bits per heavy atom. The summed E-state index contributed by atoms with van der Waals surface area (Å²) in [7, 11) is -6.37. The second-order valence-corrected chi connectivity index (χ2v) is 8.11. The summed E-state index contributed by atoms with van der Waals surface area (Å²) in [5.41, 5.74) is 0. The first kappa shape index (κ1) is 13.9. The molecule has 1 heterocycles. The number of piperazine rings is 1. The van der Waals surface area contributed by atoms with Gasteiger partial charge in [0.2, 0.25) is 20.0 Å². The van der Waals surface area contributed by atoms with Crippen molar-refractivity contribution in [3.8, 4) is 0 Å². The van der Waals surface area contributed by atoms with Crippen molar-refractivity contribution in [2.24, 2.45) is 0 Å². The normalized spacial score (nSPS) is 21.1. The Kier molecular flexibility index (Phi) is 4.33. The molecule has 0 saturated carbocycles. The maximum atomic E-state index is 11.5. The minimum atomic E-state index is -3.19. The lowest BCUT2D eigenvalue weighted by atomic mass is 10.4. The van der Waals surface area contributed by atoms with E-state index in [1.54, 1.807) is 13.8 Å². The minimum Gasteiger partial charge on any atom is -0.212 e. The molecule has 1 aliphatic rings. The number of hydrogen-bond acceptors (Lipinski definition) is 4. The summed E-state index contributed by atoms with van der Waals surface area (Å²) in [6.07, 6.45) is 0. The average Bonchev–Trinajstić information content (AvgIpc) is 2.29. The largest absolute Gasteiger partial charge is 0.213 e. The zero-order valence-corrected chi connectivity index (χ0v) is 11.2. The predicted molar refractivity (Wildman–Crippen MR) is 62.1 cm³/mol. The van der Waals surface area contributed by atoms with E-state index in [0.29, 0.717) is 0 Å². The standard InChI is InChI=1S/C8H18N2O4S2/c1-3-15(11,12)9-5-7-10(8-6-9)16(13,14)4-2/h3-8H2,1-2H3. The van der Waals surface area contributed by atoms with E-state index in [4.69, 9.17) is 0 Å². The van der Waals surface area contributed by atoms with Crippen LogP contribution >= 0.6 is 0 Å². The molecule has 0 spiro atoms. The molecule has 0 atom stereocenters. The molecule has 0 aromatic rings. The van der Waals surface area contributed by atoms with Crippen LogP contribution in [0.3, 0.4) is 0 Å². The van der Waals surface area contributed by atoms with Crippen LogP contribution in [0.25, 0.3) is 0 Å². The van der Waals surface area contributed by atoms with Crippen LogP contribution in [0, 0.1) is 0 Å². The first-order valence-electron chi connectivity index (χ1n) is 5.29. The van der Waals surface area contributed by atoms with E-state index in [2.05, 4.69) is 0 Å². The van der Waals surface area contributed by atoms with Crippen LogP contribution in [0.4, 0.5) is 0 Å². The zero-order valence-electron chi connectivity index (χ0n) is 9.59. The van der Waals surface area contributed by atoms with Gasteiger partial charge in [0.25, 0.3) is 0 Å². The summed E-state index contributed by atoms with van der Waals surface area (Å²) in [5, 5.41) is 0. The molecular weight excluding hydrogens is 252 g/mol. The monoisotopic (exact) mass is 270 g/mol. The molecule has 0 aromatic heterocycles. The fourth-order valence-corrected chi connectivity index (χ4v) is 3.76. The van der Waals surface area contributed by atoms with E-state index >= 15 is 0 Å². The van der Waals surface area contributed by atoms with E-state index in [-0.39, 0.29) is 37.7 Å². The van der Waals surface area contributed by atoms with Gasteiger partial charge in [-0.3, -0.25) is 0 Å². The predicted octanol–water partition coefficient (Wildman–Crippen LogP) is -0.697. The van der Waals surface area contributed by atoms with Crippen molar-refractivity contribution in [3.05, 3.63) is 0 Å². The molecule has 0 aliphatic carbocycles. The van der Waals surface area contributed by atoms with Gasteiger partial charge in [0.05, 0.1) is 11.5 Å². The Balaban J connectivity index is 2.66. The third-order valence-electron chi connectivity index (χ3n) is 2.71. The average molecular weight is 270 g/mol. The molecule has 8 heteroatoms. The highest BCUT2D eigenvalue weighted by molar-refractivity contribution is 7.89. The summed E-state index contributed by atoms with van der Waals surface area (Å²) in [4.78, 5) is 0. The number of rotatable bonds is 4. The Labute approximate surface area is 97.3 Å². The highest BCUT2D eigenvalue weighted by Gasteiger charge is 2.30. The molecule has 0 radical (unpaired) electrons. The van der Waals surface area contributed by atoms with Crippen molar-refractivity contribution in [1.29, 1.82) is 0 Å². The van der Waals surface area contributed by atoms with Crippen LogP contribution in [0.5, 0.6) is 0 Å². The van der Waals surface area contributed by atoms with Crippen LogP contribution in [0.2, 0.25) is 0 Å². The summed E-state index contributed by atoms with van der Waals surface area (Å²) in [6, 6.07) is 0. The fraction of sp³-hybridized carbons (Fsp3) is 1.00. The van der Waals surface area contributed by atoms with Crippen molar-refractivity contribution in [3.63, 3.8) is 0 Å². The van der Waals surface area contributed by atoms with Gasteiger partial charge in [-0.25, -0.2) is 16.8 Å². The Morgan fingerprint density at radius 3 is 1.19 bits per heavy atom. The zero-order chi connectivity index (χ0) is 12.4. The molecule has 1 saturated heterocycles. The van der Waals surface area contributed by atoms with Crippen LogP contribution in [0.15, 0.2) is 0 Å². The van der Waals surface area contributed by atoms with Gasteiger partial charge in [-0.1, -0.05) is 0 Å². The van der Waals surface area contributed by atoms with Crippen molar-refractivity contribution in [2.75, 3.05) is 37.7 Å². The van der Waals surface area contributed by atoms with Crippen LogP contribution in [0.1, 0.15) is 13.8 Å². The molecule has 1 aliphatic heterocycles. The number of sulfonamides is 2. The second kappa shape index (κ2) is 4.99. The van der Waals surface area contributed by atoms with Gasteiger partial charge < -0.3 is 0 Å². The van der Waals surface area contributed by atoms with Gasteiger partial charge in [-0.05, 0) is 13.8 Å². The van der Waals surface area contributed by atoms with E-state index in [1.165, 1.54) is 8.61 Å². The van der Waals surface area contributed by atoms with Crippen LogP contribution < -0.4 is 0 Å². The molecular formula is C8H18N2O4S2. The fourth-order valence-electron chi connectivity index (χ4n) is 1.59. The number of hydrogen-bond donors (Lipinski definition) is 0. The Bertz CT molecular complexity index is 379. The summed E-state index contributed by atoms with van der Waals surface area (Å²) >= 11 is 0. The summed E-state index contributed by atoms with van der Waals surface area (Å²) in [5.74, 6) is 0.126. The second-order valence-electron chi connectivity index (χ2n) is 3.60. The van der Waals surface area contributed by atoms with Gasteiger partial charge in [0.15, 0.2) is 0 Å². The molecule has 16 heavy (non-hydrogen) atoms. The Hall–Kier alpha value is -0.180. The van der Waals surface area contributed by atoms with Gasteiger partial charge in [0, 0.05) is 26.2 Å². The van der Waals surface area contributed by atoms with Crippen molar-refractivity contribution in [1.82, 2.24) is 8.61 Å². The molecule has 0 unspecified atom stereocenters. The molecule has 0 bridgehead atoms. The lowest BCUT2D eigenvalue weighted by Gasteiger charge is -2.32. The molecule has 6 nitrogen and oxygen atoms in total. The highest BCUT2D eigenvalue weighted by atomic mass is 32.2. The van der Waals surface area contributed by atoms with E-state index in [0.717, 1.165) is 0 Å². The molecule has 0 aromatic carbocycles. The van der Waals surface area contributed by atoms with E-state index < -0.39 is 20.0 Å². The maximum Gasteiger partial charge on any atom is 0.213 e. The SMILES string of the molecule is CCS(=O)(=O)N1CCN(S(=O)(=O)CC)CC1. The molecule has 1 rings (SSSR count). The summed E-state index contributed by atoms with van der Waals surface area (Å²) in [6.45, 7) is 4.21. The lowest BCUT2D eigenvalue weighted by molar-refractivity contribution is 0.273. The van der Waals surface area contributed by atoms with Gasteiger partial charge in [-0.2, -0.15) is 8.61 Å². The van der Waals surface area contributed by atoms with E-state index in [1.807, 2.05) is 0 Å². The minimum absolute atomic E-state index is 0.0630. The highest BCUT2D eigenvalue weighted by Crippen LogP contribution is 2.11. The molecule has 0 amide bonds. The first-order chi connectivity index (χ1) is 7.33. The summed E-state index contributed by atoms with van der Waals surface area (Å²) < 4.78 is 48.9. The topological polar surface area (TPSA) is 74.8 Å². The Morgan fingerprint density at radius 1 is 0.750 bits per heavy atom. The molecule has 96 valence electrons. The van der Waals surface area contributed by atoms with Crippen LogP contribution in [-0.4, -0.2) is 63.1 Å². The van der Waals surface area contributed by atoms with E-state index in [9.17, 15) is 16.8 Å². The van der Waals surface area contributed by atoms with Gasteiger partial charge in [0.1, 0.15) is 0 Å². The first-order valence-corrected chi connectivity index (χ1v) is 8.51. The van der Waals surface area contributed by atoms with Crippen molar-refractivity contribution >= 4 is 20.0 Å². The van der Waals surface area contributed by atoms with Crippen molar-refractivity contribution in [2.45, 2.75) is 13.8 Å². The molecule has 1 fully saturated rings. The smallest absolute Gasteiger partial charge is 0.212 e.